The molecule has 0 fully saturated rings. The maximum absolute atomic E-state index is 6.09. The molecule has 0 unspecified atom stereocenters. The topological polar surface area (TPSA) is 34.2 Å². The average molecular weight is 263 g/mol. The Hall–Kier alpha value is -1.58. The van der Waals surface area contributed by atoms with Crippen LogP contribution in [0.3, 0.4) is 0 Å². The number of benzene rings is 1. The highest BCUT2D eigenvalue weighted by Gasteiger charge is 2.04. The van der Waals surface area contributed by atoms with E-state index < -0.39 is 0 Å². The van der Waals surface area contributed by atoms with Crippen LogP contribution in [0.25, 0.3) is 0 Å². The number of halogens is 1. The molecule has 0 amide bonds. The SMILES string of the molecule is CNCc1cnccc1OCc1ccccc1Cl. The Bertz CT molecular complexity index is 517. The number of nitrogens with zero attached hydrogens (tertiary/aromatic N) is 1. The van der Waals surface area contributed by atoms with Gasteiger partial charge in [0.25, 0.3) is 0 Å². The predicted octanol–water partition coefficient (Wildman–Crippen LogP) is 3.03. The molecule has 3 nitrogen and oxygen atoms in total. The molecule has 2 aromatic rings. The lowest BCUT2D eigenvalue weighted by molar-refractivity contribution is 0.302. The van der Waals surface area contributed by atoms with E-state index in [0.29, 0.717) is 6.61 Å². The molecule has 0 spiro atoms. The predicted molar refractivity (Wildman–Crippen MR) is 72.8 cm³/mol. The van der Waals surface area contributed by atoms with Crippen LogP contribution < -0.4 is 10.1 Å². The van der Waals surface area contributed by atoms with E-state index in [-0.39, 0.29) is 0 Å². The van der Waals surface area contributed by atoms with E-state index in [9.17, 15) is 0 Å². The molecule has 1 heterocycles. The second-order valence-electron chi connectivity index (χ2n) is 3.89. The minimum Gasteiger partial charge on any atom is -0.488 e. The maximum Gasteiger partial charge on any atom is 0.127 e. The fourth-order valence-electron chi connectivity index (χ4n) is 1.65. The van der Waals surface area contributed by atoms with Gasteiger partial charge < -0.3 is 10.1 Å². The van der Waals surface area contributed by atoms with E-state index in [1.165, 1.54) is 0 Å². The molecular formula is C14H15ClN2O. The highest BCUT2D eigenvalue weighted by Crippen LogP contribution is 2.21. The zero-order chi connectivity index (χ0) is 12.8. The molecule has 1 N–H and O–H groups in total. The molecule has 0 radical (unpaired) electrons. The lowest BCUT2D eigenvalue weighted by Gasteiger charge is -2.11. The lowest BCUT2D eigenvalue weighted by atomic mass is 10.2. The number of aromatic nitrogens is 1. The molecule has 18 heavy (non-hydrogen) atoms. The van der Waals surface area contributed by atoms with E-state index >= 15 is 0 Å². The first-order chi connectivity index (χ1) is 8.81. The monoisotopic (exact) mass is 262 g/mol. The summed E-state index contributed by atoms with van der Waals surface area (Å²) in [6.07, 6.45) is 3.53. The fraction of sp³-hybridized carbons (Fsp3) is 0.214. The summed E-state index contributed by atoms with van der Waals surface area (Å²) in [5.41, 5.74) is 2.01. The van der Waals surface area contributed by atoms with E-state index in [0.717, 1.165) is 28.4 Å². The summed E-state index contributed by atoms with van der Waals surface area (Å²) in [4.78, 5) is 4.09. The first kappa shape index (κ1) is 12.9. The van der Waals surface area contributed by atoms with Gasteiger partial charge in [-0.05, 0) is 19.2 Å². The zero-order valence-electron chi connectivity index (χ0n) is 10.2. The van der Waals surface area contributed by atoms with Crippen LogP contribution in [0.2, 0.25) is 5.02 Å². The maximum atomic E-state index is 6.09. The standard InChI is InChI=1S/C14H15ClN2O/c1-16-8-12-9-17-7-6-14(12)18-10-11-4-2-3-5-13(11)15/h2-7,9,16H,8,10H2,1H3. The minimum absolute atomic E-state index is 0.459. The van der Waals surface area contributed by atoms with Gasteiger partial charge >= 0.3 is 0 Å². The normalized spacial score (nSPS) is 10.3. The quantitative estimate of drug-likeness (QED) is 0.899. The summed E-state index contributed by atoms with van der Waals surface area (Å²) in [6, 6.07) is 9.54. The van der Waals surface area contributed by atoms with Crippen LogP contribution in [0.5, 0.6) is 5.75 Å². The molecule has 2 rings (SSSR count). The van der Waals surface area contributed by atoms with Gasteiger partial charge in [-0.3, -0.25) is 4.98 Å². The van der Waals surface area contributed by atoms with E-state index in [1.807, 2.05) is 37.4 Å². The summed E-state index contributed by atoms with van der Waals surface area (Å²) in [5, 5.41) is 3.81. The Balaban J connectivity index is 2.08. The molecule has 0 aliphatic heterocycles. The van der Waals surface area contributed by atoms with Crippen molar-refractivity contribution < 1.29 is 4.74 Å². The second kappa shape index (κ2) is 6.38. The number of rotatable bonds is 5. The van der Waals surface area contributed by atoms with E-state index in [2.05, 4.69) is 10.3 Å². The summed E-state index contributed by atoms with van der Waals surface area (Å²) in [6.45, 7) is 1.19. The van der Waals surface area contributed by atoms with Gasteiger partial charge in [-0.2, -0.15) is 0 Å². The van der Waals surface area contributed by atoms with Crippen molar-refractivity contribution in [2.75, 3.05) is 7.05 Å². The Morgan fingerprint density at radius 1 is 1.22 bits per heavy atom. The van der Waals surface area contributed by atoms with Crippen LogP contribution in [0, 0.1) is 0 Å². The molecule has 0 atom stereocenters. The van der Waals surface area contributed by atoms with Gasteiger partial charge in [-0.1, -0.05) is 29.8 Å². The third kappa shape index (κ3) is 3.22. The van der Waals surface area contributed by atoms with Gasteiger partial charge in [0, 0.05) is 35.1 Å². The Morgan fingerprint density at radius 2 is 2.06 bits per heavy atom. The summed E-state index contributed by atoms with van der Waals surface area (Å²) >= 11 is 6.09. The number of hydrogen-bond acceptors (Lipinski definition) is 3. The van der Waals surface area contributed by atoms with Crippen LogP contribution in [0.4, 0.5) is 0 Å². The van der Waals surface area contributed by atoms with Crippen molar-refractivity contribution in [1.82, 2.24) is 10.3 Å². The number of nitrogens with one attached hydrogen (secondary N) is 1. The minimum atomic E-state index is 0.459. The highest BCUT2D eigenvalue weighted by molar-refractivity contribution is 6.31. The van der Waals surface area contributed by atoms with Crippen LogP contribution in [0.1, 0.15) is 11.1 Å². The average Bonchev–Trinajstić information content (AvgIpc) is 2.40. The van der Waals surface area contributed by atoms with Crippen molar-refractivity contribution in [3.8, 4) is 5.75 Å². The smallest absolute Gasteiger partial charge is 0.127 e. The lowest BCUT2D eigenvalue weighted by Crippen LogP contribution is -2.08. The van der Waals surface area contributed by atoms with Gasteiger partial charge in [0.1, 0.15) is 12.4 Å². The fourth-order valence-corrected chi connectivity index (χ4v) is 1.84. The van der Waals surface area contributed by atoms with Crippen LogP contribution >= 0.6 is 11.6 Å². The first-order valence-electron chi connectivity index (χ1n) is 5.75. The van der Waals surface area contributed by atoms with Crippen molar-refractivity contribution in [2.24, 2.45) is 0 Å². The number of ether oxygens (including phenoxy) is 1. The van der Waals surface area contributed by atoms with Gasteiger partial charge in [0.05, 0.1) is 0 Å². The summed E-state index contributed by atoms with van der Waals surface area (Å²) in [7, 11) is 1.89. The molecule has 0 saturated carbocycles. The Labute approximate surface area is 112 Å². The molecule has 1 aromatic carbocycles. The Kier molecular flexibility index (Phi) is 4.56. The van der Waals surface area contributed by atoms with Gasteiger partial charge in [0.15, 0.2) is 0 Å². The van der Waals surface area contributed by atoms with Crippen molar-refractivity contribution in [1.29, 1.82) is 0 Å². The van der Waals surface area contributed by atoms with Gasteiger partial charge in [-0.25, -0.2) is 0 Å². The van der Waals surface area contributed by atoms with Gasteiger partial charge in [0.2, 0.25) is 0 Å². The molecule has 1 aromatic heterocycles. The first-order valence-corrected chi connectivity index (χ1v) is 6.12. The number of hydrogen-bond donors (Lipinski definition) is 1. The molecule has 0 aliphatic rings. The molecular weight excluding hydrogens is 248 g/mol. The molecule has 0 aliphatic carbocycles. The van der Waals surface area contributed by atoms with Crippen molar-refractivity contribution in [3.63, 3.8) is 0 Å². The van der Waals surface area contributed by atoms with E-state index in [4.69, 9.17) is 16.3 Å². The third-order valence-electron chi connectivity index (χ3n) is 2.57. The molecule has 0 saturated heterocycles. The second-order valence-corrected chi connectivity index (χ2v) is 4.30. The van der Waals surface area contributed by atoms with Crippen molar-refractivity contribution in [2.45, 2.75) is 13.2 Å². The van der Waals surface area contributed by atoms with Gasteiger partial charge in [-0.15, -0.1) is 0 Å². The molecule has 0 bridgehead atoms. The van der Waals surface area contributed by atoms with Crippen molar-refractivity contribution >= 4 is 11.6 Å². The molecule has 94 valence electrons. The summed E-state index contributed by atoms with van der Waals surface area (Å²) < 4.78 is 5.79. The largest absolute Gasteiger partial charge is 0.488 e. The number of pyridine rings is 1. The molecule has 4 heteroatoms. The Morgan fingerprint density at radius 3 is 2.83 bits per heavy atom. The van der Waals surface area contributed by atoms with Crippen LogP contribution in [0.15, 0.2) is 42.7 Å². The van der Waals surface area contributed by atoms with Crippen LogP contribution in [-0.2, 0) is 13.2 Å². The summed E-state index contributed by atoms with van der Waals surface area (Å²) in [5.74, 6) is 0.833. The van der Waals surface area contributed by atoms with E-state index in [1.54, 1.807) is 12.4 Å². The highest BCUT2D eigenvalue weighted by atomic mass is 35.5. The van der Waals surface area contributed by atoms with Crippen LogP contribution in [-0.4, -0.2) is 12.0 Å². The van der Waals surface area contributed by atoms with Crippen molar-refractivity contribution in [3.05, 3.63) is 58.9 Å². The zero-order valence-corrected chi connectivity index (χ0v) is 10.9. The third-order valence-corrected chi connectivity index (χ3v) is 2.94.